The van der Waals surface area contributed by atoms with Gasteiger partial charge in [0.1, 0.15) is 12.4 Å². The minimum atomic E-state index is -1.45. The zero-order chi connectivity index (χ0) is 32.5. The van der Waals surface area contributed by atoms with E-state index in [-0.39, 0.29) is 0 Å². The molecule has 0 radical (unpaired) electrons. The molecular weight excluding hydrogens is 606 g/mol. The zero-order valence-corrected chi connectivity index (χ0v) is 28.8. The van der Waals surface area contributed by atoms with Gasteiger partial charge < -0.3 is 62.3 Å². The van der Waals surface area contributed by atoms with Gasteiger partial charge in [0.05, 0.1) is 139 Å². The molecule has 0 spiro atoms. The summed E-state index contributed by atoms with van der Waals surface area (Å²) in [6, 6.07) is 7.27. The first-order valence-corrected chi connectivity index (χ1v) is 19.3. The van der Waals surface area contributed by atoms with Crippen molar-refractivity contribution in [2.45, 2.75) is 19.6 Å². The Kier molecular flexibility index (Phi) is 28.9. The monoisotopic (exact) mass is 665 g/mol. The van der Waals surface area contributed by atoms with E-state index < -0.39 is 8.32 Å². The molecule has 1 aromatic carbocycles. The molecule has 13 nitrogen and oxygen atoms in total. The van der Waals surface area contributed by atoms with Gasteiger partial charge in [-0.3, -0.25) is 0 Å². The third kappa shape index (κ3) is 32.3. The van der Waals surface area contributed by atoms with Gasteiger partial charge in [0, 0.05) is 5.69 Å². The fraction of sp³-hybridized carbons (Fsp3) is 0.806. The summed E-state index contributed by atoms with van der Waals surface area (Å²) in [4.78, 5) is 0. The Morgan fingerprint density at radius 3 is 0.889 bits per heavy atom. The smallest absolute Gasteiger partial charge is 0.183 e. The molecule has 0 aliphatic carbocycles. The van der Waals surface area contributed by atoms with Crippen LogP contribution in [-0.4, -0.2) is 154 Å². The fourth-order valence-corrected chi connectivity index (χ4v) is 3.97. The molecule has 0 fully saturated rings. The minimum absolute atomic E-state index is 0.477. The highest BCUT2D eigenvalue weighted by Gasteiger charge is 2.13. The van der Waals surface area contributed by atoms with Crippen molar-refractivity contribution >= 4 is 14.0 Å². The Morgan fingerprint density at radius 1 is 0.378 bits per heavy atom. The summed E-state index contributed by atoms with van der Waals surface area (Å²) < 4.78 is 66.0. The third-order valence-electron chi connectivity index (χ3n) is 5.49. The number of benzene rings is 1. The van der Waals surface area contributed by atoms with E-state index in [2.05, 4.69) is 19.6 Å². The number of anilines is 1. The van der Waals surface area contributed by atoms with E-state index in [1.165, 1.54) is 0 Å². The van der Waals surface area contributed by atoms with Gasteiger partial charge in [-0.25, -0.2) is 0 Å². The maximum atomic E-state index is 5.72. The van der Waals surface area contributed by atoms with Gasteiger partial charge >= 0.3 is 0 Å². The molecule has 2 N–H and O–H groups in total. The van der Waals surface area contributed by atoms with E-state index >= 15 is 0 Å². The third-order valence-corrected chi connectivity index (χ3v) is 6.56. The lowest BCUT2D eigenvalue weighted by Gasteiger charge is -2.16. The van der Waals surface area contributed by atoms with Crippen LogP contribution < -0.4 is 10.5 Å². The first kappa shape index (κ1) is 41.6. The van der Waals surface area contributed by atoms with Crippen LogP contribution in [0.1, 0.15) is 0 Å². The van der Waals surface area contributed by atoms with Crippen LogP contribution in [0.3, 0.4) is 0 Å². The molecule has 0 amide bonds. The summed E-state index contributed by atoms with van der Waals surface area (Å²) in [6.07, 6.45) is 0. The molecular formula is C31H59NO12Si. The number of nitrogens with two attached hydrogens (primary N) is 1. The van der Waals surface area contributed by atoms with Gasteiger partial charge in [0.15, 0.2) is 8.32 Å². The summed E-state index contributed by atoms with van der Waals surface area (Å²) in [5.74, 6) is 0.773. The lowest BCUT2D eigenvalue weighted by atomic mass is 10.3. The Balaban J connectivity index is 1.63. The van der Waals surface area contributed by atoms with Gasteiger partial charge in [0.2, 0.25) is 0 Å². The average molecular weight is 666 g/mol. The molecule has 0 atom stereocenters. The second kappa shape index (κ2) is 31.2. The van der Waals surface area contributed by atoms with Crippen molar-refractivity contribution in [1.82, 2.24) is 0 Å². The van der Waals surface area contributed by atoms with E-state index in [1.54, 1.807) is 12.1 Å². The molecule has 0 heterocycles. The summed E-state index contributed by atoms with van der Waals surface area (Å²) >= 11 is 0. The largest absolute Gasteiger partial charge is 0.491 e. The van der Waals surface area contributed by atoms with Crippen molar-refractivity contribution in [1.29, 1.82) is 0 Å². The summed E-state index contributed by atoms with van der Waals surface area (Å²) in [5, 5.41) is 0. The van der Waals surface area contributed by atoms with Gasteiger partial charge in [0.25, 0.3) is 0 Å². The number of nitrogen functional groups attached to an aromatic ring is 1. The van der Waals surface area contributed by atoms with Crippen molar-refractivity contribution in [3.63, 3.8) is 0 Å². The Morgan fingerprint density at radius 2 is 0.622 bits per heavy atom. The topological polar surface area (TPSA) is 137 Å². The van der Waals surface area contributed by atoms with Crippen LogP contribution in [0.2, 0.25) is 19.6 Å². The van der Waals surface area contributed by atoms with Gasteiger partial charge in [-0.15, -0.1) is 0 Å². The molecule has 0 aliphatic rings. The molecule has 264 valence electrons. The Hall–Kier alpha value is -1.40. The maximum Gasteiger partial charge on any atom is 0.183 e. The zero-order valence-electron chi connectivity index (χ0n) is 27.8. The molecule has 0 saturated heterocycles. The maximum absolute atomic E-state index is 5.72. The first-order valence-electron chi connectivity index (χ1n) is 15.9. The van der Waals surface area contributed by atoms with Crippen LogP contribution in [0.25, 0.3) is 0 Å². The second-order valence-electron chi connectivity index (χ2n) is 10.5. The normalized spacial score (nSPS) is 11.8. The standard InChI is InChI=1S/C31H59NO12Si/c1-45(2,3)44-29-27-42-25-23-40-21-19-38-17-15-36-13-11-34-9-8-33-10-12-35-14-16-37-18-20-39-22-24-41-26-28-43-31-6-4-30(32)5-7-31/h4-7H,8-29,32H2,1-3H3. The van der Waals surface area contributed by atoms with Crippen molar-refractivity contribution in [3.8, 4) is 5.75 Å². The quantitative estimate of drug-likeness (QED) is 0.0647. The van der Waals surface area contributed by atoms with Crippen molar-refractivity contribution < 1.29 is 56.5 Å². The number of hydrogen-bond acceptors (Lipinski definition) is 13. The second-order valence-corrected chi connectivity index (χ2v) is 15.0. The van der Waals surface area contributed by atoms with E-state index in [9.17, 15) is 0 Å². The van der Waals surface area contributed by atoms with Gasteiger partial charge in [-0.05, 0) is 43.9 Å². The van der Waals surface area contributed by atoms with Crippen LogP contribution in [0.15, 0.2) is 24.3 Å². The molecule has 0 aromatic heterocycles. The number of rotatable bonds is 35. The summed E-state index contributed by atoms with van der Waals surface area (Å²) in [5.41, 5.74) is 6.35. The van der Waals surface area contributed by atoms with E-state index in [1.807, 2.05) is 12.1 Å². The van der Waals surface area contributed by atoms with Crippen molar-refractivity contribution in [2.75, 3.05) is 151 Å². The first-order chi connectivity index (χ1) is 22.0. The Bertz CT molecular complexity index is 742. The van der Waals surface area contributed by atoms with E-state index in [0.29, 0.717) is 151 Å². The van der Waals surface area contributed by atoms with Gasteiger partial charge in [-0.1, -0.05) is 0 Å². The predicted octanol–water partition coefficient (Wildman–Crippen LogP) is 2.67. The molecule has 0 saturated carbocycles. The molecule has 14 heteroatoms. The average Bonchev–Trinajstić information content (AvgIpc) is 3.01. The molecule has 1 aromatic rings. The number of hydrogen-bond donors (Lipinski definition) is 1. The molecule has 1 rings (SSSR count). The SMILES string of the molecule is C[Si](C)(C)OCCOCCOCCOCCOCCOCCOCCOCCOCCOCCOCCOc1ccc(N)cc1. The van der Waals surface area contributed by atoms with Crippen LogP contribution in [-0.2, 0) is 51.8 Å². The van der Waals surface area contributed by atoms with Crippen molar-refractivity contribution in [2.24, 2.45) is 0 Å². The lowest BCUT2D eigenvalue weighted by molar-refractivity contribution is -0.0270. The fourth-order valence-electron chi connectivity index (χ4n) is 3.27. The minimum Gasteiger partial charge on any atom is -0.491 e. The highest BCUT2D eigenvalue weighted by Crippen LogP contribution is 2.12. The molecule has 0 unspecified atom stereocenters. The van der Waals surface area contributed by atoms with E-state index in [4.69, 9.17) is 62.3 Å². The van der Waals surface area contributed by atoms with Crippen LogP contribution >= 0.6 is 0 Å². The summed E-state index contributed by atoms with van der Waals surface area (Å²) in [6.45, 7) is 18.1. The van der Waals surface area contributed by atoms with Crippen LogP contribution in [0.4, 0.5) is 5.69 Å². The lowest BCUT2D eigenvalue weighted by Crippen LogP contribution is -2.27. The molecule has 0 aliphatic heterocycles. The summed E-state index contributed by atoms with van der Waals surface area (Å²) in [7, 11) is -1.45. The number of ether oxygens (including phenoxy) is 11. The molecule has 45 heavy (non-hydrogen) atoms. The molecule has 0 bridgehead atoms. The predicted molar refractivity (Wildman–Crippen MR) is 174 cm³/mol. The van der Waals surface area contributed by atoms with Crippen molar-refractivity contribution in [3.05, 3.63) is 24.3 Å². The van der Waals surface area contributed by atoms with Crippen LogP contribution in [0, 0.1) is 0 Å². The van der Waals surface area contributed by atoms with Gasteiger partial charge in [-0.2, -0.15) is 0 Å². The highest BCUT2D eigenvalue weighted by molar-refractivity contribution is 6.69. The highest BCUT2D eigenvalue weighted by atomic mass is 28.4. The van der Waals surface area contributed by atoms with E-state index in [0.717, 1.165) is 5.75 Å². The Labute approximate surface area is 271 Å². The van der Waals surface area contributed by atoms with Crippen LogP contribution in [0.5, 0.6) is 5.75 Å².